The fourth-order valence-corrected chi connectivity index (χ4v) is 2.56. The summed E-state index contributed by atoms with van der Waals surface area (Å²) >= 11 is 0. The number of nitrogens with zero attached hydrogens (tertiary/aromatic N) is 1. The lowest BCUT2D eigenvalue weighted by Crippen LogP contribution is -2.54. The second-order valence-electron chi connectivity index (χ2n) is 7.28. The predicted octanol–water partition coefficient (Wildman–Crippen LogP) is -2.63. The van der Waals surface area contributed by atoms with Gasteiger partial charge in [0.2, 0.25) is 23.6 Å². The summed E-state index contributed by atoms with van der Waals surface area (Å²) in [6.45, 7) is 2.78. The molecule has 9 N–H and O–H groups in total. The first-order valence-electron chi connectivity index (χ1n) is 9.63. The number of carbonyl (C=O) groups excluding carboxylic acids is 4. The molecule has 31 heavy (non-hydrogen) atoms. The Labute approximate surface area is 178 Å². The van der Waals surface area contributed by atoms with E-state index in [-0.39, 0.29) is 25.2 Å². The number of carbonyl (C=O) groups is 5. The van der Waals surface area contributed by atoms with Gasteiger partial charge in [-0.25, -0.2) is 9.78 Å². The molecule has 0 spiro atoms. The summed E-state index contributed by atoms with van der Waals surface area (Å²) in [7, 11) is 0. The highest BCUT2D eigenvalue weighted by Gasteiger charge is 2.27. The maximum Gasteiger partial charge on any atom is 0.326 e. The first-order valence-corrected chi connectivity index (χ1v) is 9.63. The fourth-order valence-electron chi connectivity index (χ4n) is 2.56. The lowest BCUT2D eigenvalue weighted by atomic mass is 10.0. The van der Waals surface area contributed by atoms with Crippen molar-refractivity contribution in [2.75, 3.05) is 6.54 Å². The number of nitrogens with two attached hydrogens (primary N) is 2. The molecule has 1 aromatic heterocycles. The average molecular weight is 439 g/mol. The topological polar surface area (TPSA) is 222 Å². The van der Waals surface area contributed by atoms with Gasteiger partial charge in [0.1, 0.15) is 12.1 Å². The van der Waals surface area contributed by atoms with Crippen LogP contribution in [0, 0.1) is 5.92 Å². The average Bonchev–Trinajstić information content (AvgIpc) is 3.20. The van der Waals surface area contributed by atoms with E-state index in [1.807, 2.05) is 0 Å². The molecule has 0 unspecified atom stereocenters. The van der Waals surface area contributed by atoms with Gasteiger partial charge < -0.3 is 37.5 Å². The first-order chi connectivity index (χ1) is 14.5. The molecule has 3 atom stereocenters. The third kappa shape index (κ3) is 9.25. The van der Waals surface area contributed by atoms with Crippen molar-refractivity contribution in [2.24, 2.45) is 17.4 Å². The Morgan fingerprint density at radius 1 is 1.16 bits per heavy atom. The number of hydrogen-bond donors (Lipinski definition) is 7. The smallest absolute Gasteiger partial charge is 0.326 e. The maximum atomic E-state index is 12.6. The second-order valence-corrected chi connectivity index (χ2v) is 7.28. The van der Waals surface area contributed by atoms with Crippen molar-refractivity contribution in [2.45, 2.75) is 51.2 Å². The summed E-state index contributed by atoms with van der Waals surface area (Å²) in [4.78, 5) is 65.7. The van der Waals surface area contributed by atoms with E-state index in [0.29, 0.717) is 5.69 Å². The molecule has 1 aromatic rings. The van der Waals surface area contributed by atoms with E-state index in [0.717, 1.165) is 0 Å². The molecule has 1 heterocycles. The van der Waals surface area contributed by atoms with Gasteiger partial charge in [-0.1, -0.05) is 13.8 Å². The van der Waals surface area contributed by atoms with Gasteiger partial charge in [-0.05, 0) is 12.3 Å². The number of imidazole rings is 1. The summed E-state index contributed by atoms with van der Waals surface area (Å²) in [5, 5.41) is 16.3. The molecule has 0 bridgehead atoms. The molecule has 1 rings (SSSR count). The first kappa shape index (κ1) is 25.6. The molecule has 172 valence electrons. The Kier molecular flexibility index (Phi) is 10.1. The van der Waals surface area contributed by atoms with Crippen LogP contribution in [0.5, 0.6) is 0 Å². The maximum absolute atomic E-state index is 12.6. The minimum absolute atomic E-state index is 0.00605. The number of aromatic amines is 1. The highest BCUT2D eigenvalue weighted by atomic mass is 16.4. The molecule has 13 heteroatoms. The zero-order valence-electron chi connectivity index (χ0n) is 17.4. The number of hydrogen-bond acceptors (Lipinski definition) is 7. The van der Waals surface area contributed by atoms with Crippen LogP contribution in [0.4, 0.5) is 0 Å². The van der Waals surface area contributed by atoms with E-state index in [2.05, 4.69) is 25.9 Å². The molecule has 0 aliphatic rings. The number of nitrogens with one attached hydrogen (secondary N) is 4. The van der Waals surface area contributed by atoms with Crippen molar-refractivity contribution >= 4 is 29.6 Å². The van der Waals surface area contributed by atoms with Crippen molar-refractivity contribution in [3.8, 4) is 0 Å². The van der Waals surface area contributed by atoms with Crippen LogP contribution in [0.2, 0.25) is 0 Å². The van der Waals surface area contributed by atoms with Crippen molar-refractivity contribution < 1.29 is 29.1 Å². The highest BCUT2D eigenvalue weighted by molar-refractivity contribution is 5.92. The fraction of sp³-hybridized carbons (Fsp3) is 0.556. The lowest BCUT2D eigenvalue weighted by Gasteiger charge is -2.21. The summed E-state index contributed by atoms with van der Waals surface area (Å²) in [6.07, 6.45) is 2.86. The third-order valence-electron chi connectivity index (χ3n) is 4.31. The van der Waals surface area contributed by atoms with Gasteiger partial charge in [0, 0.05) is 19.0 Å². The zero-order valence-corrected chi connectivity index (χ0v) is 17.4. The number of primary amides is 1. The van der Waals surface area contributed by atoms with E-state index in [1.165, 1.54) is 12.5 Å². The van der Waals surface area contributed by atoms with E-state index in [9.17, 15) is 24.0 Å². The second kappa shape index (κ2) is 12.3. The Morgan fingerprint density at radius 2 is 1.84 bits per heavy atom. The molecular formula is C18H29N7O6. The molecule has 4 amide bonds. The van der Waals surface area contributed by atoms with Gasteiger partial charge in [-0.2, -0.15) is 0 Å². The minimum atomic E-state index is -1.19. The number of aromatic nitrogens is 2. The van der Waals surface area contributed by atoms with Gasteiger partial charge in [-0.15, -0.1) is 0 Å². The van der Waals surface area contributed by atoms with Crippen LogP contribution >= 0.6 is 0 Å². The quantitative estimate of drug-likeness (QED) is 0.172. The number of aliphatic carboxylic acids is 1. The number of carboxylic acid groups (broad SMARTS) is 1. The van der Waals surface area contributed by atoms with Crippen LogP contribution in [-0.2, 0) is 30.4 Å². The Balaban J connectivity index is 2.73. The number of H-pyrrole nitrogens is 1. The highest BCUT2D eigenvalue weighted by Crippen LogP contribution is 2.03. The molecule has 0 radical (unpaired) electrons. The minimum Gasteiger partial charge on any atom is -0.480 e. The number of carboxylic acids is 1. The molecule has 13 nitrogen and oxygen atoms in total. The summed E-state index contributed by atoms with van der Waals surface area (Å²) in [5.41, 5.74) is 11.2. The normalized spacial score (nSPS) is 13.7. The lowest BCUT2D eigenvalue weighted by molar-refractivity contribution is -0.143. The van der Waals surface area contributed by atoms with Gasteiger partial charge in [0.15, 0.2) is 0 Å². The van der Waals surface area contributed by atoms with Crippen molar-refractivity contribution in [1.29, 1.82) is 0 Å². The third-order valence-corrected chi connectivity index (χ3v) is 4.31. The van der Waals surface area contributed by atoms with Crippen LogP contribution in [0.3, 0.4) is 0 Å². The van der Waals surface area contributed by atoms with Crippen LogP contribution in [0.1, 0.15) is 32.4 Å². The number of amides is 4. The van der Waals surface area contributed by atoms with Gasteiger partial charge in [-0.3, -0.25) is 19.2 Å². The molecule has 0 aromatic carbocycles. The Morgan fingerprint density at radius 3 is 2.35 bits per heavy atom. The summed E-state index contributed by atoms with van der Waals surface area (Å²) < 4.78 is 0. The van der Waals surface area contributed by atoms with Crippen molar-refractivity contribution in [3.05, 3.63) is 18.2 Å². The predicted molar refractivity (Wildman–Crippen MR) is 108 cm³/mol. The molecule has 0 saturated heterocycles. The zero-order chi connectivity index (χ0) is 23.6. The van der Waals surface area contributed by atoms with Crippen LogP contribution < -0.4 is 27.4 Å². The molecular weight excluding hydrogens is 410 g/mol. The van der Waals surface area contributed by atoms with E-state index in [1.54, 1.807) is 13.8 Å². The summed E-state index contributed by atoms with van der Waals surface area (Å²) in [5.74, 6) is -4.22. The molecule has 0 aliphatic heterocycles. The SMILES string of the molecule is CC(C)[C@H](NC(=O)CNC(=O)[C@H](Cc1c[nH]cn1)NC(=O)[C@@H](N)CCC(N)=O)C(=O)O. The van der Waals surface area contributed by atoms with E-state index >= 15 is 0 Å². The molecule has 0 aliphatic carbocycles. The van der Waals surface area contributed by atoms with E-state index < -0.39 is 54.3 Å². The molecule has 0 fully saturated rings. The monoisotopic (exact) mass is 439 g/mol. The Hall–Kier alpha value is -3.48. The Bertz CT molecular complexity index is 780. The van der Waals surface area contributed by atoms with Crippen LogP contribution in [0.25, 0.3) is 0 Å². The number of rotatable bonds is 13. The van der Waals surface area contributed by atoms with Gasteiger partial charge in [0.25, 0.3) is 0 Å². The van der Waals surface area contributed by atoms with E-state index in [4.69, 9.17) is 16.6 Å². The van der Waals surface area contributed by atoms with Gasteiger partial charge >= 0.3 is 5.97 Å². The largest absolute Gasteiger partial charge is 0.480 e. The van der Waals surface area contributed by atoms with Gasteiger partial charge in [0.05, 0.1) is 24.6 Å². The van der Waals surface area contributed by atoms with Crippen molar-refractivity contribution in [3.63, 3.8) is 0 Å². The van der Waals surface area contributed by atoms with Crippen molar-refractivity contribution in [1.82, 2.24) is 25.9 Å². The standard InChI is InChI=1S/C18H29N7O6/c1-9(2)15(18(30)31)25-14(27)7-22-17(29)12(5-10-6-21-8-23-10)24-16(28)11(19)3-4-13(20)26/h6,8-9,11-12,15H,3-5,7,19H2,1-2H3,(H2,20,26)(H,21,23)(H,22,29)(H,24,28)(H,25,27)(H,30,31)/t11-,12-,15-/m0/s1. The molecule has 0 saturated carbocycles. The summed E-state index contributed by atoms with van der Waals surface area (Å²) in [6, 6.07) is -3.27. The van der Waals surface area contributed by atoms with Crippen LogP contribution in [-0.4, -0.2) is 69.3 Å². The van der Waals surface area contributed by atoms with Crippen LogP contribution in [0.15, 0.2) is 12.5 Å².